The summed E-state index contributed by atoms with van der Waals surface area (Å²) in [5.41, 5.74) is 3.44. The number of benzene rings is 2. The van der Waals surface area contributed by atoms with Gasteiger partial charge >= 0.3 is 0 Å². The minimum absolute atomic E-state index is 0.106. The van der Waals surface area contributed by atoms with E-state index in [0.717, 1.165) is 16.5 Å². The van der Waals surface area contributed by atoms with Gasteiger partial charge in [0.1, 0.15) is 5.82 Å². The summed E-state index contributed by atoms with van der Waals surface area (Å²) in [7, 11) is 1.90. The Morgan fingerprint density at radius 3 is 2.42 bits per heavy atom. The van der Waals surface area contributed by atoms with Crippen molar-refractivity contribution in [2.24, 2.45) is 0 Å². The standard InChI is InChI=1S/C16H17BrFN/c1-11-3-5-12(6-4-11)7-16(19-2)13-8-14(17)10-15(18)9-13/h3-6,8-10,16,19H,7H2,1-2H3. The molecule has 0 bridgehead atoms. The fraction of sp³-hybridized carbons (Fsp3) is 0.250. The third-order valence-electron chi connectivity index (χ3n) is 3.20. The smallest absolute Gasteiger partial charge is 0.124 e. The molecule has 0 amide bonds. The van der Waals surface area contributed by atoms with Gasteiger partial charge < -0.3 is 5.32 Å². The molecule has 1 N–H and O–H groups in total. The van der Waals surface area contributed by atoms with E-state index >= 15 is 0 Å². The van der Waals surface area contributed by atoms with Crippen LogP contribution in [0.3, 0.4) is 0 Å². The Bertz CT molecular complexity index is 531. The monoisotopic (exact) mass is 321 g/mol. The Kier molecular flexibility index (Phi) is 4.72. The third kappa shape index (κ3) is 3.88. The van der Waals surface area contributed by atoms with Crippen LogP contribution in [0.4, 0.5) is 4.39 Å². The van der Waals surface area contributed by atoms with Crippen molar-refractivity contribution in [3.8, 4) is 0 Å². The Balaban J connectivity index is 2.22. The maximum atomic E-state index is 13.5. The van der Waals surface area contributed by atoms with Crippen molar-refractivity contribution in [2.75, 3.05) is 7.05 Å². The van der Waals surface area contributed by atoms with Crippen LogP contribution in [0, 0.1) is 12.7 Å². The predicted molar refractivity (Wildman–Crippen MR) is 80.8 cm³/mol. The second kappa shape index (κ2) is 6.31. The molecule has 0 saturated heterocycles. The van der Waals surface area contributed by atoms with Gasteiger partial charge in [0.15, 0.2) is 0 Å². The van der Waals surface area contributed by atoms with Crippen LogP contribution in [0.15, 0.2) is 46.9 Å². The van der Waals surface area contributed by atoms with Crippen LogP contribution in [0.5, 0.6) is 0 Å². The first-order valence-electron chi connectivity index (χ1n) is 6.27. The second-order valence-electron chi connectivity index (χ2n) is 4.73. The van der Waals surface area contributed by atoms with E-state index in [0.29, 0.717) is 0 Å². The summed E-state index contributed by atoms with van der Waals surface area (Å²) in [5, 5.41) is 3.25. The number of rotatable bonds is 4. The van der Waals surface area contributed by atoms with E-state index in [1.54, 1.807) is 6.07 Å². The molecule has 1 nitrogen and oxygen atoms in total. The number of nitrogens with one attached hydrogen (secondary N) is 1. The zero-order valence-electron chi connectivity index (χ0n) is 11.1. The molecule has 0 saturated carbocycles. The molecule has 0 aliphatic heterocycles. The van der Waals surface area contributed by atoms with Crippen LogP contribution in [0.2, 0.25) is 0 Å². The van der Waals surface area contributed by atoms with Crippen LogP contribution in [-0.2, 0) is 6.42 Å². The molecule has 3 heteroatoms. The first-order valence-corrected chi connectivity index (χ1v) is 7.06. The zero-order chi connectivity index (χ0) is 13.8. The summed E-state index contributed by atoms with van der Waals surface area (Å²) in [5.74, 6) is -0.214. The maximum Gasteiger partial charge on any atom is 0.124 e. The number of hydrogen-bond acceptors (Lipinski definition) is 1. The van der Waals surface area contributed by atoms with Crippen molar-refractivity contribution in [1.82, 2.24) is 5.32 Å². The van der Waals surface area contributed by atoms with Gasteiger partial charge in [-0.1, -0.05) is 45.8 Å². The summed E-state index contributed by atoms with van der Waals surface area (Å²) in [6, 6.07) is 13.6. The van der Waals surface area contributed by atoms with Crippen LogP contribution in [-0.4, -0.2) is 7.05 Å². The van der Waals surface area contributed by atoms with Gasteiger partial charge in [0.25, 0.3) is 0 Å². The number of aryl methyl sites for hydroxylation is 1. The normalized spacial score (nSPS) is 12.4. The largest absolute Gasteiger partial charge is 0.313 e. The molecule has 19 heavy (non-hydrogen) atoms. The van der Waals surface area contributed by atoms with Gasteiger partial charge in [-0.15, -0.1) is 0 Å². The Morgan fingerprint density at radius 1 is 1.16 bits per heavy atom. The van der Waals surface area contributed by atoms with E-state index < -0.39 is 0 Å². The molecule has 0 heterocycles. The van der Waals surface area contributed by atoms with Gasteiger partial charge in [-0.3, -0.25) is 0 Å². The summed E-state index contributed by atoms with van der Waals surface area (Å²) in [4.78, 5) is 0. The first-order chi connectivity index (χ1) is 9.08. The van der Waals surface area contributed by atoms with E-state index in [2.05, 4.69) is 52.4 Å². The molecule has 0 aliphatic rings. The highest BCUT2D eigenvalue weighted by Gasteiger charge is 2.12. The van der Waals surface area contributed by atoms with E-state index in [9.17, 15) is 4.39 Å². The molecular weight excluding hydrogens is 305 g/mol. The molecule has 0 aliphatic carbocycles. The average Bonchev–Trinajstić information content (AvgIpc) is 2.37. The van der Waals surface area contributed by atoms with Crippen molar-refractivity contribution in [3.05, 3.63) is 69.4 Å². The van der Waals surface area contributed by atoms with E-state index in [1.807, 2.05) is 13.1 Å². The minimum atomic E-state index is -0.214. The zero-order valence-corrected chi connectivity index (χ0v) is 12.7. The topological polar surface area (TPSA) is 12.0 Å². The highest BCUT2D eigenvalue weighted by Crippen LogP contribution is 2.23. The Morgan fingerprint density at radius 2 is 1.84 bits per heavy atom. The molecule has 1 unspecified atom stereocenters. The van der Waals surface area contributed by atoms with Gasteiger partial charge in [0.2, 0.25) is 0 Å². The highest BCUT2D eigenvalue weighted by molar-refractivity contribution is 9.10. The number of halogens is 2. The second-order valence-corrected chi connectivity index (χ2v) is 5.65. The molecule has 2 aromatic carbocycles. The molecule has 0 fully saturated rings. The van der Waals surface area contributed by atoms with Crippen molar-refractivity contribution in [3.63, 3.8) is 0 Å². The summed E-state index contributed by atoms with van der Waals surface area (Å²) in [6.45, 7) is 2.07. The van der Waals surface area contributed by atoms with Gasteiger partial charge in [0.05, 0.1) is 0 Å². The fourth-order valence-corrected chi connectivity index (χ4v) is 2.61. The number of likely N-dealkylation sites (N-methyl/N-ethyl adjacent to an activating group) is 1. The molecule has 0 spiro atoms. The van der Waals surface area contributed by atoms with E-state index in [1.165, 1.54) is 17.2 Å². The van der Waals surface area contributed by atoms with Crippen molar-refractivity contribution < 1.29 is 4.39 Å². The lowest BCUT2D eigenvalue weighted by molar-refractivity contribution is 0.576. The summed E-state index contributed by atoms with van der Waals surface area (Å²) in [6.07, 6.45) is 0.840. The highest BCUT2D eigenvalue weighted by atomic mass is 79.9. The summed E-state index contributed by atoms with van der Waals surface area (Å²) < 4.78 is 14.2. The molecule has 1 atom stereocenters. The predicted octanol–water partition coefficient (Wildman–Crippen LogP) is 4.40. The van der Waals surface area contributed by atoms with Crippen LogP contribution < -0.4 is 5.32 Å². The lowest BCUT2D eigenvalue weighted by atomic mass is 9.98. The molecule has 100 valence electrons. The van der Waals surface area contributed by atoms with Crippen LogP contribution in [0.1, 0.15) is 22.7 Å². The lowest BCUT2D eigenvalue weighted by Gasteiger charge is -2.17. The maximum absolute atomic E-state index is 13.5. The molecular formula is C16H17BrFN. The van der Waals surface area contributed by atoms with Crippen molar-refractivity contribution in [2.45, 2.75) is 19.4 Å². The Hall–Kier alpha value is -1.19. The molecule has 0 aromatic heterocycles. The van der Waals surface area contributed by atoms with Gasteiger partial charge in [0, 0.05) is 10.5 Å². The summed E-state index contributed by atoms with van der Waals surface area (Å²) >= 11 is 3.34. The van der Waals surface area contributed by atoms with Gasteiger partial charge in [-0.05, 0) is 49.7 Å². The quantitative estimate of drug-likeness (QED) is 0.880. The molecule has 2 aromatic rings. The van der Waals surface area contributed by atoms with E-state index in [-0.39, 0.29) is 11.9 Å². The third-order valence-corrected chi connectivity index (χ3v) is 3.65. The van der Waals surface area contributed by atoms with Gasteiger partial charge in [-0.2, -0.15) is 0 Å². The molecule has 0 radical (unpaired) electrons. The number of hydrogen-bond donors (Lipinski definition) is 1. The van der Waals surface area contributed by atoms with E-state index in [4.69, 9.17) is 0 Å². The lowest BCUT2D eigenvalue weighted by Crippen LogP contribution is -2.19. The minimum Gasteiger partial charge on any atom is -0.313 e. The Labute approximate surface area is 122 Å². The fourth-order valence-electron chi connectivity index (χ4n) is 2.12. The van der Waals surface area contributed by atoms with Crippen LogP contribution in [0.25, 0.3) is 0 Å². The molecule has 2 rings (SSSR count). The first kappa shape index (κ1) is 14.2. The van der Waals surface area contributed by atoms with Crippen molar-refractivity contribution in [1.29, 1.82) is 0 Å². The van der Waals surface area contributed by atoms with Crippen LogP contribution >= 0.6 is 15.9 Å². The van der Waals surface area contributed by atoms with Crippen molar-refractivity contribution >= 4 is 15.9 Å². The SMILES string of the molecule is CNC(Cc1ccc(C)cc1)c1cc(F)cc(Br)c1. The average molecular weight is 322 g/mol. The van der Waals surface area contributed by atoms with Gasteiger partial charge in [-0.25, -0.2) is 4.39 Å².